The smallest absolute Gasteiger partial charge is 0.0345 e. The molecule has 2 rings (SSSR count). The van der Waals surface area contributed by atoms with Crippen LogP contribution in [0.1, 0.15) is 17.4 Å². The molecule has 0 radical (unpaired) electrons. The highest BCUT2D eigenvalue weighted by Crippen LogP contribution is 2.25. The highest BCUT2D eigenvalue weighted by Gasteiger charge is 1.97. The summed E-state index contributed by atoms with van der Waals surface area (Å²) in [7, 11) is 0. The monoisotopic (exact) mass is 176 g/mol. The molecule has 0 aliphatic heterocycles. The van der Waals surface area contributed by atoms with Crippen molar-refractivity contribution in [3.05, 3.63) is 34.7 Å². The van der Waals surface area contributed by atoms with E-state index in [1.54, 1.807) is 0 Å². The zero-order valence-corrected chi connectivity index (χ0v) is 8.24. The summed E-state index contributed by atoms with van der Waals surface area (Å²) in [4.78, 5) is 1.40. The van der Waals surface area contributed by atoms with Gasteiger partial charge in [-0.1, -0.05) is 19.1 Å². The van der Waals surface area contributed by atoms with Crippen LogP contribution in [0.15, 0.2) is 24.3 Å². The van der Waals surface area contributed by atoms with Crippen LogP contribution in [0.2, 0.25) is 0 Å². The first-order valence-corrected chi connectivity index (χ1v) is 5.10. The third-order valence-electron chi connectivity index (χ3n) is 2.11. The molecule has 0 bridgehead atoms. The highest BCUT2D eigenvalue weighted by molar-refractivity contribution is 7.19. The van der Waals surface area contributed by atoms with E-state index in [1.165, 1.54) is 20.5 Å². The molecule has 0 fully saturated rings. The van der Waals surface area contributed by atoms with E-state index >= 15 is 0 Å². The summed E-state index contributed by atoms with van der Waals surface area (Å²) in [5.41, 5.74) is 1.43. The van der Waals surface area contributed by atoms with E-state index in [0.717, 1.165) is 6.42 Å². The molecular weight excluding hydrogens is 164 g/mol. The summed E-state index contributed by atoms with van der Waals surface area (Å²) in [6, 6.07) is 9.00. The minimum absolute atomic E-state index is 1.13. The molecule has 0 unspecified atom stereocenters. The molecule has 1 heterocycles. The van der Waals surface area contributed by atoms with Gasteiger partial charge in [-0.05, 0) is 36.4 Å². The van der Waals surface area contributed by atoms with Crippen LogP contribution in [0.5, 0.6) is 0 Å². The number of rotatable bonds is 1. The first-order chi connectivity index (χ1) is 5.79. The van der Waals surface area contributed by atoms with Crippen molar-refractivity contribution in [3.8, 4) is 0 Å². The molecule has 0 nitrogen and oxygen atoms in total. The Morgan fingerprint density at radius 3 is 2.83 bits per heavy atom. The maximum absolute atomic E-state index is 2.29. The predicted molar refractivity (Wildman–Crippen MR) is 55.9 cm³/mol. The Bertz CT molecular complexity index is 398. The molecule has 0 aliphatic carbocycles. The van der Waals surface area contributed by atoms with E-state index in [0.29, 0.717) is 0 Å². The molecule has 0 aliphatic rings. The largest absolute Gasteiger partial charge is 0.141 e. The third kappa shape index (κ3) is 1.25. The molecule has 12 heavy (non-hydrogen) atoms. The van der Waals surface area contributed by atoms with Gasteiger partial charge in [0.2, 0.25) is 0 Å². The van der Waals surface area contributed by atoms with Crippen molar-refractivity contribution < 1.29 is 0 Å². The minimum atomic E-state index is 1.13. The summed E-state index contributed by atoms with van der Waals surface area (Å²) in [6.45, 7) is 4.36. The van der Waals surface area contributed by atoms with E-state index in [2.05, 4.69) is 38.1 Å². The highest BCUT2D eigenvalue weighted by atomic mass is 32.1. The lowest BCUT2D eigenvalue weighted by Gasteiger charge is -1.94. The molecule has 2 aromatic rings. The van der Waals surface area contributed by atoms with Gasteiger partial charge in [0.1, 0.15) is 0 Å². The lowest BCUT2D eigenvalue weighted by Crippen LogP contribution is -1.76. The maximum atomic E-state index is 2.29. The standard InChI is InChI=1S/C11H12S/c1-3-9-4-5-11-10(7-9)6-8(2)12-11/h4-7H,3H2,1-2H3. The van der Waals surface area contributed by atoms with Crippen molar-refractivity contribution in [2.45, 2.75) is 20.3 Å². The topological polar surface area (TPSA) is 0 Å². The first-order valence-electron chi connectivity index (χ1n) is 4.28. The van der Waals surface area contributed by atoms with E-state index in [9.17, 15) is 0 Å². The Morgan fingerprint density at radius 1 is 1.25 bits per heavy atom. The van der Waals surface area contributed by atoms with Crippen LogP contribution in [0.3, 0.4) is 0 Å². The van der Waals surface area contributed by atoms with Gasteiger partial charge >= 0.3 is 0 Å². The first kappa shape index (κ1) is 7.81. The molecule has 0 saturated heterocycles. The van der Waals surface area contributed by atoms with Crippen molar-refractivity contribution in [1.82, 2.24) is 0 Å². The van der Waals surface area contributed by atoms with Gasteiger partial charge in [-0.15, -0.1) is 11.3 Å². The summed E-state index contributed by atoms with van der Waals surface area (Å²) < 4.78 is 1.41. The number of benzene rings is 1. The van der Waals surface area contributed by atoms with Gasteiger partial charge in [0.25, 0.3) is 0 Å². The van der Waals surface area contributed by atoms with Gasteiger partial charge in [0.15, 0.2) is 0 Å². The number of hydrogen-bond acceptors (Lipinski definition) is 1. The van der Waals surface area contributed by atoms with Crippen LogP contribution in [0.25, 0.3) is 10.1 Å². The average Bonchev–Trinajstić information content (AvgIpc) is 2.43. The second kappa shape index (κ2) is 2.91. The van der Waals surface area contributed by atoms with Crippen molar-refractivity contribution >= 4 is 21.4 Å². The van der Waals surface area contributed by atoms with E-state index in [1.807, 2.05) is 11.3 Å². The Kier molecular flexibility index (Phi) is 1.89. The van der Waals surface area contributed by atoms with Crippen molar-refractivity contribution in [3.63, 3.8) is 0 Å². The van der Waals surface area contributed by atoms with Gasteiger partial charge in [-0.25, -0.2) is 0 Å². The van der Waals surface area contributed by atoms with Crippen LogP contribution in [0, 0.1) is 6.92 Å². The Labute approximate surface area is 76.8 Å². The maximum Gasteiger partial charge on any atom is 0.0345 e. The van der Waals surface area contributed by atoms with Crippen LogP contribution >= 0.6 is 11.3 Å². The van der Waals surface area contributed by atoms with E-state index in [-0.39, 0.29) is 0 Å². The fraction of sp³-hybridized carbons (Fsp3) is 0.273. The van der Waals surface area contributed by atoms with Gasteiger partial charge in [-0.2, -0.15) is 0 Å². The lowest BCUT2D eigenvalue weighted by atomic mass is 10.1. The second-order valence-corrected chi connectivity index (χ2v) is 4.37. The van der Waals surface area contributed by atoms with E-state index in [4.69, 9.17) is 0 Å². The quantitative estimate of drug-likeness (QED) is 0.620. The van der Waals surface area contributed by atoms with Crippen LogP contribution in [-0.4, -0.2) is 0 Å². The Balaban J connectivity index is 2.66. The van der Waals surface area contributed by atoms with Gasteiger partial charge in [0, 0.05) is 9.58 Å². The molecule has 1 aromatic heterocycles. The number of hydrogen-bond donors (Lipinski definition) is 0. The molecule has 0 N–H and O–H groups in total. The van der Waals surface area contributed by atoms with Crippen molar-refractivity contribution in [2.75, 3.05) is 0 Å². The zero-order chi connectivity index (χ0) is 8.55. The second-order valence-electron chi connectivity index (χ2n) is 3.08. The molecule has 0 amide bonds. The minimum Gasteiger partial charge on any atom is -0.141 e. The average molecular weight is 176 g/mol. The summed E-state index contributed by atoms with van der Waals surface area (Å²) in [6.07, 6.45) is 1.13. The molecule has 62 valence electrons. The van der Waals surface area contributed by atoms with Crippen molar-refractivity contribution in [1.29, 1.82) is 0 Å². The lowest BCUT2D eigenvalue weighted by molar-refractivity contribution is 1.15. The van der Waals surface area contributed by atoms with E-state index < -0.39 is 0 Å². The Morgan fingerprint density at radius 2 is 2.08 bits per heavy atom. The van der Waals surface area contributed by atoms with Crippen LogP contribution < -0.4 is 0 Å². The van der Waals surface area contributed by atoms with Gasteiger partial charge in [0.05, 0.1) is 0 Å². The zero-order valence-electron chi connectivity index (χ0n) is 7.42. The molecule has 1 heteroatoms. The Hall–Kier alpha value is -0.820. The summed E-state index contributed by atoms with van der Waals surface area (Å²) in [5.74, 6) is 0. The third-order valence-corrected chi connectivity index (χ3v) is 3.14. The fourth-order valence-electron chi connectivity index (χ4n) is 1.45. The van der Waals surface area contributed by atoms with Gasteiger partial charge < -0.3 is 0 Å². The molecule has 0 spiro atoms. The van der Waals surface area contributed by atoms with Crippen LogP contribution in [0.4, 0.5) is 0 Å². The molecule has 0 saturated carbocycles. The summed E-state index contributed by atoms with van der Waals surface area (Å²) in [5, 5.41) is 1.40. The fourth-order valence-corrected chi connectivity index (χ4v) is 2.35. The van der Waals surface area contributed by atoms with Gasteiger partial charge in [-0.3, -0.25) is 0 Å². The number of fused-ring (bicyclic) bond motifs is 1. The molecular formula is C11H12S. The number of aryl methyl sites for hydroxylation is 2. The molecule has 1 aromatic carbocycles. The van der Waals surface area contributed by atoms with Crippen molar-refractivity contribution in [2.24, 2.45) is 0 Å². The SMILES string of the molecule is CCc1ccc2sc(C)cc2c1. The predicted octanol–water partition coefficient (Wildman–Crippen LogP) is 3.77. The summed E-state index contributed by atoms with van der Waals surface area (Å²) >= 11 is 1.87. The molecule has 0 atom stereocenters. The normalized spacial score (nSPS) is 10.8. The van der Waals surface area contributed by atoms with Crippen LogP contribution in [-0.2, 0) is 6.42 Å². The number of thiophene rings is 1.